The zero-order valence-corrected chi connectivity index (χ0v) is 25.2. The van der Waals surface area contributed by atoms with Crippen LogP contribution < -0.4 is 10.2 Å². The average Bonchev–Trinajstić information content (AvgIpc) is 3.62. The molecule has 4 aromatic rings. The lowest BCUT2D eigenvalue weighted by molar-refractivity contribution is -0.137. The number of thioether (sulfide) groups is 1. The topological polar surface area (TPSA) is 118 Å². The molecule has 0 atom stereocenters. The van der Waals surface area contributed by atoms with Crippen LogP contribution in [0.2, 0.25) is 0 Å². The van der Waals surface area contributed by atoms with Gasteiger partial charge in [0.15, 0.2) is 11.0 Å². The smallest absolute Gasteiger partial charge is 0.345 e. The Morgan fingerprint density at radius 1 is 1.00 bits per heavy atom. The van der Waals surface area contributed by atoms with E-state index in [1.807, 2.05) is 24.3 Å². The number of amides is 2. The first-order valence-electron chi connectivity index (χ1n) is 13.3. The summed E-state index contributed by atoms with van der Waals surface area (Å²) in [6.07, 6.45) is -3.87. The number of para-hydroxylation sites is 1. The van der Waals surface area contributed by atoms with E-state index in [0.717, 1.165) is 45.9 Å². The summed E-state index contributed by atoms with van der Waals surface area (Å²) in [6.45, 7) is 0.312. The molecule has 0 saturated carbocycles. The third kappa shape index (κ3) is 6.49. The largest absolute Gasteiger partial charge is 0.416 e. The van der Waals surface area contributed by atoms with E-state index in [1.165, 1.54) is 55.1 Å². The fourth-order valence-corrected chi connectivity index (χ4v) is 6.39. The molecule has 2 amide bonds. The number of hydrogen-bond donors (Lipinski definition) is 1. The molecule has 1 aliphatic heterocycles. The van der Waals surface area contributed by atoms with E-state index in [0.29, 0.717) is 6.54 Å². The van der Waals surface area contributed by atoms with Gasteiger partial charge in [-0.2, -0.15) is 13.2 Å². The fraction of sp³-hybridized carbons (Fsp3) is 0.241. The van der Waals surface area contributed by atoms with Gasteiger partial charge in [-0.15, -0.1) is 10.2 Å². The highest BCUT2D eigenvalue weighted by atomic mass is 32.2. The van der Waals surface area contributed by atoms with Gasteiger partial charge in [0.25, 0.3) is 5.91 Å². The van der Waals surface area contributed by atoms with Gasteiger partial charge in [-0.05, 0) is 60.5 Å². The summed E-state index contributed by atoms with van der Waals surface area (Å²) in [7, 11) is -0.897. The van der Waals surface area contributed by atoms with Crippen LogP contribution in [0, 0.1) is 0 Å². The first-order chi connectivity index (χ1) is 20.9. The van der Waals surface area contributed by atoms with Gasteiger partial charge in [0.1, 0.15) is 0 Å². The maximum Gasteiger partial charge on any atom is 0.416 e. The van der Waals surface area contributed by atoms with E-state index in [4.69, 9.17) is 0 Å². The lowest BCUT2D eigenvalue weighted by Crippen LogP contribution is -2.30. The maximum atomic E-state index is 13.6. The van der Waals surface area contributed by atoms with Gasteiger partial charge in [-0.25, -0.2) is 12.7 Å². The summed E-state index contributed by atoms with van der Waals surface area (Å²) >= 11 is 1.03. The highest BCUT2D eigenvalue weighted by Crippen LogP contribution is 2.33. The molecule has 0 saturated heterocycles. The van der Waals surface area contributed by atoms with E-state index in [1.54, 1.807) is 4.90 Å². The number of rotatable bonds is 9. The number of anilines is 1. The molecular weight excluding hydrogens is 617 g/mol. The second-order valence-corrected chi connectivity index (χ2v) is 13.1. The highest BCUT2D eigenvalue weighted by Gasteiger charge is 2.31. The zero-order valence-electron chi connectivity index (χ0n) is 23.6. The monoisotopic (exact) mass is 644 g/mol. The molecule has 15 heteroatoms. The molecule has 1 aliphatic rings. The Bertz CT molecular complexity index is 1810. The number of hydrogen-bond acceptors (Lipinski definition) is 7. The number of alkyl halides is 3. The molecule has 0 bridgehead atoms. The molecular formula is C29H27F3N6O4S2. The summed E-state index contributed by atoms with van der Waals surface area (Å²) in [6, 6.07) is 17.5. The number of carbonyl (C=O) groups excluding carboxylic acids is 2. The third-order valence-electron chi connectivity index (χ3n) is 6.95. The Labute approximate surface area is 255 Å². The van der Waals surface area contributed by atoms with Crippen molar-refractivity contribution >= 4 is 39.3 Å². The lowest BCUT2D eigenvalue weighted by Gasteiger charge is -2.17. The lowest BCUT2D eigenvalue weighted by atomic mass is 10.2. The Morgan fingerprint density at radius 2 is 1.73 bits per heavy atom. The summed E-state index contributed by atoms with van der Waals surface area (Å²) < 4.78 is 67.7. The SMILES string of the molecule is CN(C)S(=O)(=O)c1ccc(C(=O)NCc2nnc(SCC(=O)N3CCc4ccccc43)n2-c2cccc(C(F)(F)F)c2)cc1. The molecule has 10 nitrogen and oxygen atoms in total. The molecule has 230 valence electrons. The first kappa shape index (κ1) is 31.2. The van der Waals surface area contributed by atoms with Crippen molar-refractivity contribution in [1.29, 1.82) is 0 Å². The van der Waals surface area contributed by atoms with Crippen LogP contribution in [0.3, 0.4) is 0 Å². The summed E-state index contributed by atoms with van der Waals surface area (Å²) in [4.78, 5) is 27.7. The van der Waals surface area contributed by atoms with Crippen LogP contribution in [0.25, 0.3) is 5.69 Å². The van der Waals surface area contributed by atoms with Gasteiger partial charge < -0.3 is 10.2 Å². The van der Waals surface area contributed by atoms with Crippen LogP contribution in [-0.4, -0.2) is 65.7 Å². The number of carbonyl (C=O) groups is 2. The number of fused-ring (bicyclic) bond motifs is 1. The number of halogens is 3. The number of benzene rings is 3. The summed E-state index contributed by atoms with van der Waals surface area (Å²) in [5, 5.41) is 11.1. The minimum Gasteiger partial charge on any atom is -0.345 e. The van der Waals surface area contributed by atoms with Gasteiger partial charge in [-0.3, -0.25) is 14.2 Å². The summed E-state index contributed by atoms with van der Waals surface area (Å²) in [5.74, 6) is -0.659. The van der Waals surface area contributed by atoms with Crippen LogP contribution in [0.4, 0.5) is 18.9 Å². The van der Waals surface area contributed by atoms with Crippen molar-refractivity contribution < 1.29 is 31.2 Å². The maximum absolute atomic E-state index is 13.6. The molecule has 0 fully saturated rings. The minimum absolute atomic E-state index is 0.0111. The highest BCUT2D eigenvalue weighted by molar-refractivity contribution is 7.99. The zero-order chi connectivity index (χ0) is 31.6. The van der Waals surface area contributed by atoms with E-state index in [-0.39, 0.29) is 45.3 Å². The molecule has 0 unspecified atom stereocenters. The molecule has 5 rings (SSSR count). The van der Waals surface area contributed by atoms with Crippen molar-refractivity contribution in [3.8, 4) is 5.69 Å². The van der Waals surface area contributed by atoms with Gasteiger partial charge in [0, 0.05) is 31.9 Å². The van der Waals surface area contributed by atoms with E-state index in [2.05, 4.69) is 15.5 Å². The van der Waals surface area contributed by atoms with E-state index < -0.39 is 27.7 Å². The number of aromatic nitrogens is 3. The fourth-order valence-electron chi connectivity index (χ4n) is 4.64. The van der Waals surface area contributed by atoms with Crippen LogP contribution in [-0.2, 0) is 34.0 Å². The van der Waals surface area contributed by atoms with Crippen molar-refractivity contribution in [2.75, 3.05) is 31.3 Å². The molecule has 44 heavy (non-hydrogen) atoms. The third-order valence-corrected chi connectivity index (χ3v) is 9.69. The minimum atomic E-state index is -4.60. The van der Waals surface area contributed by atoms with E-state index >= 15 is 0 Å². The molecule has 0 spiro atoms. The van der Waals surface area contributed by atoms with Crippen LogP contribution in [0.5, 0.6) is 0 Å². The van der Waals surface area contributed by atoms with Crippen molar-refractivity contribution in [2.45, 2.75) is 29.2 Å². The number of nitrogens with zero attached hydrogens (tertiary/aromatic N) is 5. The molecule has 0 aliphatic carbocycles. The molecule has 1 N–H and O–H groups in total. The van der Waals surface area contributed by atoms with Crippen molar-refractivity contribution in [1.82, 2.24) is 24.4 Å². The summed E-state index contributed by atoms with van der Waals surface area (Å²) in [5.41, 5.74) is 1.28. The van der Waals surface area contributed by atoms with Crippen LogP contribution >= 0.6 is 11.8 Å². The van der Waals surface area contributed by atoms with E-state index in [9.17, 15) is 31.2 Å². The second kappa shape index (κ2) is 12.4. The standard InChI is InChI=1S/C29H27F3N6O4S2/c1-36(2)44(41,42)23-12-10-20(11-13-23)27(40)33-17-25-34-35-28(38(25)22-8-5-7-21(16-22)29(30,31)32)43-18-26(39)37-15-14-19-6-3-4-9-24(19)37/h3-13,16H,14-15,17-18H2,1-2H3,(H,33,40). The van der Waals surface area contributed by atoms with Crippen molar-refractivity contribution in [3.63, 3.8) is 0 Å². The Balaban J connectivity index is 1.37. The van der Waals surface area contributed by atoms with Crippen molar-refractivity contribution in [3.05, 3.63) is 95.3 Å². The second-order valence-electron chi connectivity index (χ2n) is 9.99. The first-order valence-corrected chi connectivity index (χ1v) is 15.7. The van der Waals surface area contributed by atoms with Gasteiger partial charge in [0.05, 0.1) is 28.4 Å². The Hall–Kier alpha value is -4.21. The predicted octanol–water partition coefficient (Wildman–Crippen LogP) is 4.15. The van der Waals surface area contributed by atoms with Gasteiger partial charge in [0.2, 0.25) is 15.9 Å². The van der Waals surface area contributed by atoms with Crippen LogP contribution in [0.1, 0.15) is 27.3 Å². The van der Waals surface area contributed by atoms with Crippen LogP contribution in [0.15, 0.2) is 82.8 Å². The van der Waals surface area contributed by atoms with Crippen molar-refractivity contribution in [2.24, 2.45) is 0 Å². The predicted molar refractivity (Wildman–Crippen MR) is 158 cm³/mol. The molecule has 1 aromatic heterocycles. The normalized spacial score (nSPS) is 13.3. The molecule has 2 heterocycles. The molecule has 0 radical (unpaired) electrons. The van der Waals surface area contributed by atoms with Gasteiger partial charge in [-0.1, -0.05) is 36.0 Å². The van der Waals surface area contributed by atoms with Gasteiger partial charge >= 0.3 is 6.18 Å². The average molecular weight is 645 g/mol. The number of sulfonamides is 1. The molecule has 3 aromatic carbocycles. The Kier molecular flexibility index (Phi) is 8.81. The quantitative estimate of drug-likeness (QED) is 0.272. The number of nitrogens with one attached hydrogen (secondary N) is 1. The Morgan fingerprint density at radius 3 is 2.43 bits per heavy atom.